The molecular formula is C47H79O14P. The molecule has 0 heterocycles. The number of phosphoric ester groups is 1. The summed E-state index contributed by atoms with van der Waals surface area (Å²) in [4.78, 5) is 35.7. The Morgan fingerprint density at radius 3 is 1.71 bits per heavy atom. The summed E-state index contributed by atoms with van der Waals surface area (Å²) in [5.41, 5.74) is 0. The Morgan fingerprint density at radius 1 is 0.597 bits per heavy atom. The van der Waals surface area contributed by atoms with E-state index in [-0.39, 0.29) is 25.7 Å². The molecule has 7 N–H and O–H groups in total. The number of ether oxygens (including phenoxy) is 2. The molecule has 0 spiro atoms. The standard InChI is InChI=1S/C47H79O14P/c1-3-5-7-9-11-13-15-17-18-20-22-24-26-28-30-34-40(49)58-36-39(37-59-62(56,57)61-47-45(54)43(52)42(51)44(53)46(47)55)60-41(50)35-31-33-38(48)32-29-27-25-23-21-19-16-14-12-10-8-6-4-2/h6,8,12,14,17-19,21,25,27,29,32,38-39,42-48,51-55H,3-5,7,9-11,13,15-16,20,22-24,26,28,30-31,33-37H2,1-2H3,(H,56,57)/b8-6-,14-12-,18-17-,21-19-,27-25-,32-29+. The summed E-state index contributed by atoms with van der Waals surface area (Å²) >= 11 is 0. The zero-order chi connectivity index (χ0) is 45.9. The monoisotopic (exact) mass is 899 g/mol. The fourth-order valence-electron chi connectivity index (χ4n) is 6.43. The molecule has 1 rings (SSSR count). The smallest absolute Gasteiger partial charge is 0.462 e. The van der Waals surface area contributed by atoms with Gasteiger partial charge in [0.05, 0.1) is 12.7 Å². The maximum absolute atomic E-state index is 12.8. The number of hydrogen-bond acceptors (Lipinski definition) is 13. The SMILES string of the molecule is CC/C=C\C/C=C\C/C=C\C/C=C\C=C\C(O)CCCC(=O)OC(COC(=O)CCCCCCC/C=C\CCCCCCCC)COP(=O)(O)OC1C(O)C(O)C(O)C(O)C1O. The molecule has 0 aliphatic heterocycles. The molecule has 1 aliphatic carbocycles. The number of phosphoric acid groups is 1. The second-order valence-corrected chi connectivity index (χ2v) is 17.1. The molecule has 7 atom stereocenters. The molecule has 0 radical (unpaired) electrons. The van der Waals surface area contributed by atoms with E-state index in [0.29, 0.717) is 6.42 Å². The third kappa shape index (κ3) is 28.8. The van der Waals surface area contributed by atoms with Gasteiger partial charge in [-0.2, -0.15) is 0 Å². The summed E-state index contributed by atoms with van der Waals surface area (Å²) in [5, 5.41) is 60.5. The third-order valence-corrected chi connectivity index (χ3v) is 11.1. The number of hydrogen-bond donors (Lipinski definition) is 7. The largest absolute Gasteiger partial charge is 0.472 e. The fraction of sp³-hybridized carbons (Fsp3) is 0.702. The molecule has 1 saturated carbocycles. The summed E-state index contributed by atoms with van der Waals surface area (Å²) in [5.74, 6) is -1.32. The van der Waals surface area contributed by atoms with Crippen LogP contribution in [0.4, 0.5) is 0 Å². The molecule has 1 fully saturated rings. The minimum Gasteiger partial charge on any atom is -0.462 e. The molecule has 0 bridgehead atoms. The van der Waals surface area contributed by atoms with Crippen LogP contribution in [-0.2, 0) is 32.7 Å². The molecule has 0 aromatic carbocycles. The van der Waals surface area contributed by atoms with Gasteiger partial charge in [-0.3, -0.25) is 18.6 Å². The van der Waals surface area contributed by atoms with Crippen LogP contribution in [0.25, 0.3) is 0 Å². The van der Waals surface area contributed by atoms with Gasteiger partial charge in [0.2, 0.25) is 0 Å². The van der Waals surface area contributed by atoms with Gasteiger partial charge in [-0.1, -0.05) is 138 Å². The van der Waals surface area contributed by atoms with Gasteiger partial charge in [0.25, 0.3) is 0 Å². The summed E-state index contributed by atoms with van der Waals surface area (Å²) in [7, 11) is -5.18. The lowest BCUT2D eigenvalue weighted by atomic mass is 9.85. The molecule has 15 heteroatoms. The zero-order valence-electron chi connectivity index (χ0n) is 37.2. The first kappa shape index (κ1) is 57.3. The van der Waals surface area contributed by atoms with Crippen LogP contribution in [0.3, 0.4) is 0 Å². The quantitative estimate of drug-likeness (QED) is 0.0105. The van der Waals surface area contributed by atoms with E-state index in [4.69, 9.17) is 18.5 Å². The minimum atomic E-state index is -5.18. The topological polar surface area (TPSA) is 230 Å². The van der Waals surface area contributed by atoms with Gasteiger partial charge in [-0.25, -0.2) is 4.57 Å². The van der Waals surface area contributed by atoms with Crippen molar-refractivity contribution in [3.63, 3.8) is 0 Å². The lowest BCUT2D eigenvalue weighted by Crippen LogP contribution is -2.64. The van der Waals surface area contributed by atoms with Gasteiger partial charge >= 0.3 is 19.8 Å². The van der Waals surface area contributed by atoms with Gasteiger partial charge in [-0.15, -0.1) is 0 Å². The molecule has 0 saturated heterocycles. The summed E-state index contributed by atoms with van der Waals surface area (Å²) in [6.07, 6.45) is 28.3. The first-order valence-electron chi connectivity index (χ1n) is 22.8. The van der Waals surface area contributed by atoms with Crippen molar-refractivity contribution in [3.8, 4) is 0 Å². The Labute approximate surface area is 370 Å². The Bertz CT molecular complexity index is 1380. The number of unbranched alkanes of at least 4 members (excludes halogenated alkanes) is 11. The molecule has 356 valence electrons. The number of aliphatic hydroxyl groups excluding tert-OH is 6. The average Bonchev–Trinajstić information content (AvgIpc) is 3.25. The van der Waals surface area contributed by atoms with Crippen molar-refractivity contribution >= 4 is 19.8 Å². The van der Waals surface area contributed by atoms with Crippen LogP contribution in [0.15, 0.2) is 72.9 Å². The molecule has 14 nitrogen and oxygen atoms in total. The van der Waals surface area contributed by atoms with E-state index in [1.165, 1.54) is 38.5 Å². The van der Waals surface area contributed by atoms with E-state index in [9.17, 15) is 49.7 Å². The number of allylic oxidation sites excluding steroid dienone is 11. The van der Waals surface area contributed by atoms with E-state index in [1.807, 2.05) is 12.2 Å². The molecule has 0 amide bonds. The van der Waals surface area contributed by atoms with Crippen LogP contribution in [0.2, 0.25) is 0 Å². The van der Waals surface area contributed by atoms with Crippen molar-refractivity contribution in [1.82, 2.24) is 0 Å². The van der Waals surface area contributed by atoms with E-state index in [2.05, 4.69) is 62.5 Å². The zero-order valence-corrected chi connectivity index (χ0v) is 38.1. The van der Waals surface area contributed by atoms with Gasteiger partial charge in [-0.05, 0) is 70.6 Å². The molecular weight excluding hydrogens is 819 g/mol. The van der Waals surface area contributed by atoms with Crippen molar-refractivity contribution < 1.29 is 68.2 Å². The van der Waals surface area contributed by atoms with Gasteiger partial charge in [0.15, 0.2) is 6.10 Å². The van der Waals surface area contributed by atoms with Gasteiger partial charge < -0.3 is 45.0 Å². The highest BCUT2D eigenvalue weighted by Gasteiger charge is 2.51. The Morgan fingerprint density at radius 2 is 1.11 bits per heavy atom. The Kier molecular flexibility index (Phi) is 33.8. The summed E-state index contributed by atoms with van der Waals surface area (Å²) in [6, 6.07) is 0. The van der Waals surface area contributed by atoms with E-state index in [1.54, 1.807) is 12.2 Å². The Hall–Kier alpha value is -2.75. The first-order valence-corrected chi connectivity index (χ1v) is 24.3. The molecule has 1 aliphatic rings. The van der Waals surface area contributed by atoms with Crippen LogP contribution in [0, 0.1) is 0 Å². The van der Waals surface area contributed by atoms with Gasteiger partial charge in [0.1, 0.15) is 43.2 Å². The lowest BCUT2D eigenvalue weighted by Gasteiger charge is -2.41. The van der Waals surface area contributed by atoms with Crippen molar-refractivity contribution in [2.45, 2.75) is 198 Å². The second kappa shape index (κ2) is 36.6. The number of carbonyl (C=O) groups excluding carboxylic acids is 2. The van der Waals surface area contributed by atoms with Crippen LogP contribution < -0.4 is 0 Å². The highest BCUT2D eigenvalue weighted by molar-refractivity contribution is 7.47. The molecule has 62 heavy (non-hydrogen) atoms. The van der Waals surface area contributed by atoms with Crippen LogP contribution in [0.5, 0.6) is 0 Å². The third-order valence-electron chi connectivity index (χ3n) is 10.1. The highest BCUT2D eigenvalue weighted by Crippen LogP contribution is 2.47. The molecule has 0 aromatic rings. The van der Waals surface area contributed by atoms with Crippen molar-refractivity contribution in [1.29, 1.82) is 0 Å². The second-order valence-electron chi connectivity index (χ2n) is 15.7. The van der Waals surface area contributed by atoms with Crippen LogP contribution in [-0.4, -0.2) is 110 Å². The number of carbonyl (C=O) groups is 2. The van der Waals surface area contributed by atoms with E-state index < -0.39 is 81.8 Å². The summed E-state index contributed by atoms with van der Waals surface area (Å²) < 4.78 is 33.3. The highest BCUT2D eigenvalue weighted by atomic mass is 31.2. The van der Waals surface area contributed by atoms with Crippen LogP contribution >= 0.6 is 7.82 Å². The number of rotatable bonds is 36. The predicted molar refractivity (Wildman–Crippen MR) is 241 cm³/mol. The minimum absolute atomic E-state index is 0.113. The molecule has 7 unspecified atom stereocenters. The number of esters is 2. The summed E-state index contributed by atoms with van der Waals surface area (Å²) in [6.45, 7) is 2.99. The van der Waals surface area contributed by atoms with Crippen molar-refractivity contribution in [3.05, 3.63) is 72.9 Å². The first-order chi connectivity index (χ1) is 29.8. The van der Waals surface area contributed by atoms with Crippen molar-refractivity contribution in [2.75, 3.05) is 13.2 Å². The average molecular weight is 899 g/mol. The Balaban J connectivity index is 2.58. The maximum atomic E-state index is 12.8. The normalized spacial score (nSPS) is 23.0. The van der Waals surface area contributed by atoms with Crippen LogP contribution in [0.1, 0.15) is 149 Å². The lowest BCUT2D eigenvalue weighted by molar-refractivity contribution is -0.220. The van der Waals surface area contributed by atoms with E-state index >= 15 is 0 Å². The number of aliphatic hydroxyl groups is 6. The maximum Gasteiger partial charge on any atom is 0.472 e. The van der Waals surface area contributed by atoms with Gasteiger partial charge in [0, 0.05) is 12.8 Å². The van der Waals surface area contributed by atoms with Crippen molar-refractivity contribution in [2.24, 2.45) is 0 Å². The predicted octanol–water partition coefficient (Wildman–Crippen LogP) is 7.69. The van der Waals surface area contributed by atoms with E-state index in [0.717, 1.165) is 64.2 Å². The fourth-order valence-corrected chi connectivity index (χ4v) is 7.40. The molecule has 0 aromatic heterocycles.